The van der Waals surface area contributed by atoms with Gasteiger partial charge >= 0.3 is 0 Å². The van der Waals surface area contributed by atoms with Crippen molar-refractivity contribution in [2.75, 3.05) is 0 Å². The minimum atomic E-state index is -0.173. The van der Waals surface area contributed by atoms with E-state index >= 15 is 0 Å². The first-order valence-electron chi connectivity index (χ1n) is 5.70. The van der Waals surface area contributed by atoms with Crippen molar-refractivity contribution in [2.24, 2.45) is 5.92 Å². The van der Waals surface area contributed by atoms with Gasteiger partial charge in [-0.3, -0.25) is 0 Å². The Morgan fingerprint density at radius 1 is 1.25 bits per heavy atom. The van der Waals surface area contributed by atoms with Crippen molar-refractivity contribution in [3.8, 4) is 0 Å². The van der Waals surface area contributed by atoms with Crippen LogP contribution in [0.2, 0.25) is 0 Å². The van der Waals surface area contributed by atoms with Crippen LogP contribution in [0.3, 0.4) is 0 Å². The predicted octanol–water partition coefficient (Wildman–Crippen LogP) is 4.24. The first kappa shape index (κ1) is 11.2. The maximum absolute atomic E-state index is 13.3. The number of hydrogen-bond donors (Lipinski definition) is 1. The zero-order valence-corrected chi connectivity index (χ0v) is 10.3. The highest BCUT2D eigenvalue weighted by Gasteiger charge is 2.27. The molecule has 0 fully saturated rings. The highest BCUT2D eigenvalue weighted by Crippen LogP contribution is 2.36. The van der Waals surface area contributed by atoms with E-state index in [1.165, 1.54) is 11.6 Å². The molecule has 1 aromatic heterocycles. The monoisotopic (exact) mass is 219 g/mol. The molecule has 0 aliphatic rings. The van der Waals surface area contributed by atoms with Crippen LogP contribution < -0.4 is 0 Å². The third-order valence-electron chi connectivity index (χ3n) is 3.78. The van der Waals surface area contributed by atoms with E-state index in [1.807, 2.05) is 6.20 Å². The fourth-order valence-electron chi connectivity index (χ4n) is 1.94. The van der Waals surface area contributed by atoms with Gasteiger partial charge in [0.15, 0.2) is 0 Å². The van der Waals surface area contributed by atoms with Gasteiger partial charge in [0.25, 0.3) is 0 Å². The standard InChI is InChI=1S/C14H18FN/c1-9(2)14(3,4)12-8-16-13-6-5-10(15)7-11(12)13/h5-9,16H,1-4H3. The topological polar surface area (TPSA) is 15.8 Å². The summed E-state index contributed by atoms with van der Waals surface area (Å²) in [4.78, 5) is 3.21. The van der Waals surface area contributed by atoms with Gasteiger partial charge in [-0.05, 0) is 35.1 Å². The Bertz CT molecular complexity index is 508. The number of aromatic amines is 1. The summed E-state index contributed by atoms with van der Waals surface area (Å²) in [6, 6.07) is 4.90. The molecular weight excluding hydrogens is 201 g/mol. The largest absolute Gasteiger partial charge is 0.361 e. The lowest BCUT2D eigenvalue weighted by molar-refractivity contribution is 0.375. The van der Waals surface area contributed by atoms with Gasteiger partial charge in [0.2, 0.25) is 0 Å². The Morgan fingerprint density at radius 3 is 2.56 bits per heavy atom. The van der Waals surface area contributed by atoms with Gasteiger partial charge < -0.3 is 4.98 Å². The molecule has 0 saturated carbocycles. The summed E-state index contributed by atoms with van der Waals surface area (Å²) in [5.74, 6) is 0.336. The van der Waals surface area contributed by atoms with Gasteiger partial charge in [0, 0.05) is 17.1 Å². The van der Waals surface area contributed by atoms with Gasteiger partial charge in [-0.1, -0.05) is 27.7 Å². The molecule has 0 aliphatic carbocycles. The van der Waals surface area contributed by atoms with Crippen molar-refractivity contribution in [1.82, 2.24) is 4.98 Å². The van der Waals surface area contributed by atoms with Crippen molar-refractivity contribution in [3.63, 3.8) is 0 Å². The first-order valence-corrected chi connectivity index (χ1v) is 5.70. The zero-order valence-electron chi connectivity index (χ0n) is 10.3. The van der Waals surface area contributed by atoms with E-state index in [0.29, 0.717) is 5.92 Å². The Hall–Kier alpha value is -1.31. The molecule has 0 aliphatic heterocycles. The fourth-order valence-corrected chi connectivity index (χ4v) is 1.94. The molecule has 2 rings (SSSR count). The molecule has 1 heterocycles. The van der Waals surface area contributed by atoms with Crippen molar-refractivity contribution < 1.29 is 4.39 Å². The highest BCUT2D eigenvalue weighted by atomic mass is 19.1. The molecule has 0 amide bonds. The lowest BCUT2D eigenvalue weighted by atomic mass is 9.75. The second-order valence-electron chi connectivity index (χ2n) is 5.27. The quantitative estimate of drug-likeness (QED) is 0.777. The number of fused-ring (bicyclic) bond motifs is 1. The van der Waals surface area contributed by atoms with Crippen LogP contribution in [0.15, 0.2) is 24.4 Å². The summed E-state index contributed by atoms with van der Waals surface area (Å²) < 4.78 is 13.3. The minimum absolute atomic E-state index is 0.0477. The van der Waals surface area contributed by atoms with Crippen LogP contribution in [0, 0.1) is 11.7 Å². The number of aromatic nitrogens is 1. The molecular formula is C14H18FN. The van der Waals surface area contributed by atoms with E-state index in [2.05, 4.69) is 32.7 Å². The molecule has 1 aromatic carbocycles. The second kappa shape index (κ2) is 3.62. The number of halogens is 1. The summed E-state index contributed by atoms with van der Waals surface area (Å²) in [7, 11) is 0. The molecule has 0 unspecified atom stereocenters. The van der Waals surface area contributed by atoms with Crippen LogP contribution in [-0.4, -0.2) is 4.98 Å². The van der Waals surface area contributed by atoms with E-state index in [0.717, 1.165) is 10.9 Å². The third-order valence-corrected chi connectivity index (χ3v) is 3.78. The van der Waals surface area contributed by atoms with Gasteiger partial charge in [0.05, 0.1) is 0 Å². The number of benzene rings is 1. The Kier molecular flexibility index (Phi) is 2.53. The van der Waals surface area contributed by atoms with E-state index < -0.39 is 0 Å². The fraction of sp³-hybridized carbons (Fsp3) is 0.429. The summed E-state index contributed by atoms with van der Waals surface area (Å²) >= 11 is 0. The average Bonchev–Trinajstić information content (AvgIpc) is 2.60. The van der Waals surface area contributed by atoms with Crippen molar-refractivity contribution >= 4 is 10.9 Å². The zero-order chi connectivity index (χ0) is 11.9. The predicted molar refractivity (Wildman–Crippen MR) is 66.1 cm³/mol. The van der Waals surface area contributed by atoms with Gasteiger partial charge in [-0.2, -0.15) is 0 Å². The molecule has 0 bridgehead atoms. The van der Waals surface area contributed by atoms with Crippen LogP contribution in [0.1, 0.15) is 33.3 Å². The Labute approximate surface area is 95.7 Å². The maximum Gasteiger partial charge on any atom is 0.123 e. The summed E-state index contributed by atoms with van der Waals surface area (Å²) in [6.45, 7) is 8.78. The summed E-state index contributed by atoms with van der Waals surface area (Å²) in [5.41, 5.74) is 2.24. The number of rotatable bonds is 2. The number of hydrogen-bond acceptors (Lipinski definition) is 0. The third kappa shape index (κ3) is 1.62. The van der Waals surface area contributed by atoms with Gasteiger partial charge in [0.1, 0.15) is 5.82 Å². The van der Waals surface area contributed by atoms with Crippen LogP contribution in [0.25, 0.3) is 10.9 Å². The maximum atomic E-state index is 13.3. The molecule has 1 nitrogen and oxygen atoms in total. The molecule has 0 radical (unpaired) electrons. The van der Waals surface area contributed by atoms with E-state index in [1.54, 1.807) is 12.1 Å². The number of nitrogens with one attached hydrogen (secondary N) is 1. The van der Waals surface area contributed by atoms with E-state index in [9.17, 15) is 4.39 Å². The molecule has 2 heteroatoms. The van der Waals surface area contributed by atoms with E-state index in [4.69, 9.17) is 0 Å². The molecule has 0 atom stereocenters. The van der Waals surface area contributed by atoms with Crippen molar-refractivity contribution in [1.29, 1.82) is 0 Å². The molecule has 2 aromatic rings. The smallest absolute Gasteiger partial charge is 0.123 e. The van der Waals surface area contributed by atoms with Crippen LogP contribution >= 0.6 is 0 Å². The second-order valence-corrected chi connectivity index (χ2v) is 5.27. The SMILES string of the molecule is CC(C)C(C)(C)c1c[nH]c2ccc(F)cc12. The molecule has 1 N–H and O–H groups in total. The molecule has 86 valence electrons. The van der Waals surface area contributed by atoms with Gasteiger partial charge in [-0.15, -0.1) is 0 Å². The van der Waals surface area contributed by atoms with Crippen LogP contribution in [-0.2, 0) is 5.41 Å². The summed E-state index contributed by atoms with van der Waals surface area (Å²) in [5, 5.41) is 0.999. The lowest BCUT2D eigenvalue weighted by Crippen LogP contribution is -2.23. The van der Waals surface area contributed by atoms with Crippen molar-refractivity contribution in [2.45, 2.75) is 33.1 Å². The van der Waals surface area contributed by atoms with Crippen LogP contribution in [0.5, 0.6) is 0 Å². The highest BCUT2D eigenvalue weighted by molar-refractivity contribution is 5.84. The Morgan fingerprint density at radius 2 is 1.94 bits per heavy atom. The first-order chi connectivity index (χ1) is 7.43. The molecule has 0 saturated heterocycles. The van der Waals surface area contributed by atoms with Gasteiger partial charge in [-0.25, -0.2) is 4.39 Å². The van der Waals surface area contributed by atoms with Crippen molar-refractivity contribution in [3.05, 3.63) is 35.8 Å². The van der Waals surface area contributed by atoms with Crippen LogP contribution in [0.4, 0.5) is 4.39 Å². The normalized spacial score (nSPS) is 12.6. The molecule has 16 heavy (non-hydrogen) atoms. The minimum Gasteiger partial charge on any atom is -0.361 e. The Balaban J connectivity index is 2.65. The molecule has 0 spiro atoms. The lowest BCUT2D eigenvalue weighted by Gasteiger charge is -2.29. The average molecular weight is 219 g/mol. The number of H-pyrrole nitrogens is 1. The summed E-state index contributed by atoms with van der Waals surface area (Å²) in [6.07, 6.45) is 2.00. The van der Waals surface area contributed by atoms with E-state index in [-0.39, 0.29) is 11.2 Å².